The molecule has 0 aliphatic heterocycles. The summed E-state index contributed by atoms with van der Waals surface area (Å²) >= 11 is 0. The third-order valence-corrected chi connectivity index (χ3v) is 2.63. The number of nitrogens with one attached hydrogen (secondary N) is 1. The Kier molecular flexibility index (Phi) is 5.98. The molecule has 1 aromatic carbocycles. The van der Waals surface area contributed by atoms with Crippen LogP contribution in [0, 0.1) is 0 Å². The number of nitrogen functional groups attached to an aromatic ring is 1. The number of nitrogens with two attached hydrogens (primary N) is 1. The smallest absolute Gasteiger partial charge is 0.389 e. The van der Waals surface area contributed by atoms with Crippen molar-refractivity contribution < 1.29 is 13.2 Å². The molecule has 0 radical (unpaired) electrons. The van der Waals surface area contributed by atoms with Gasteiger partial charge in [0.1, 0.15) is 0 Å². The summed E-state index contributed by atoms with van der Waals surface area (Å²) in [6, 6.07) is 7.61. The second-order valence-electron chi connectivity index (χ2n) is 4.31. The highest BCUT2D eigenvalue weighted by Crippen LogP contribution is 2.21. The van der Waals surface area contributed by atoms with Crippen molar-refractivity contribution in [2.45, 2.75) is 31.9 Å². The number of anilines is 1. The lowest BCUT2D eigenvalue weighted by Crippen LogP contribution is -2.19. The van der Waals surface area contributed by atoms with Crippen LogP contribution in [0.2, 0.25) is 0 Å². The molecule has 1 rings (SSSR count). The number of alkyl halides is 3. The topological polar surface area (TPSA) is 38.0 Å². The fourth-order valence-electron chi connectivity index (χ4n) is 1.62. The second kappa shape index (κ2) is 7.26. The van der Waals surface area contributed by atoms with Crippen molar-refractivity contribution in [2.75, 3.05) is 18.8 Å². The summed E-state index contributed by atoms with van der Waals surface area (Å²) in [5, 5.41) is 3.14. The molecule has 0 saturated carbocycles. The van der Waals surface area contributed by atoms with Crippen molar-refractivity contribution in [2.24, 2.45) is 0 Å². The van der Waals surface area contributed by atoms with E-state index in [1.807, 2.05) is 24.3 Å². The van der Waals surface area contributed by atoms with Crippen LogP contribution < -0.4 is 11.1 Å². The van der Waals surface area contributed by atoms with Gasteiger partial charge in [0, 0.05) is 12.1 Å². The normalized spacial score (nSPS) is 11.7. The van der Waals surface area contributed by atoms with Crippen molar-refractivity contribution in [1.82, 2.24) is 5.32 Å². The second-order valence-corrected chi connectivity index (χ2v) is 4.31. The predicted octanol–water partition coefficient (Wildman–Crippen LogP) is 3.13. The maximum absolute atomic E-state index is 11.9. The first-order valence-corrected chi connectivity index (χ1v) is 6.09. The molecular formula is C13H19F3N2. The molecular weight excluding hydrogens is 241 g/mol. The molecule has 2 nitrogen and oxygen atoms in total. The highest BCUT2D eigenvalue weighted by atomic mass is 19.4. The van der Waals surface area contributed by atoms with Crippen LogP contribution in [-0.2, 0) is 6.42 Å². The van der Waals surface area contributed by atoms with Gasteiger partial charge in [-0.15, -0.1) is 0 Å². The monoisotopic (exact) mass is 260 g/mol. The van der Waals surface area contributed by atoms with Gasteiger partial charge in [-0.25, -0.2) is 0 Å². The van der Waals surface area contributed by atoms with Gasteiger partial charge >= 0.3 is 6.18 Å². The van der Waals surface area contributed by atoms with Gasteiger partial charge in [0.2, 0.25) is 0 Å². The number of rotatable bonds is 7. The standard InChI is InChI=1S/C13H19F3N2/c14-13(15,16)8-1-2-9-18-10-7-11-3-5-12(17)6-4-11/h3-6,18H,1-2,7-10,17H2. The maximum atomic E-state index is 11.9. The van der Waals surface area contributed by atoms with E-state index in [9.17, 15) is 13.2 Å². The Balaban J connectivity index is 2.00. The minimum Gasteiger partial charge on any atom is -0.399 e. The maximum Gasteiger partial charge on any atom is 0.389 e. The molecule has 0 bridgehead atoms. The molecule has 1 aromatic rings. The van der Waals surface area contributed by atoms with E-state index in [1.165, 1.54) is 5.56 Å². The highest BCUT2D eigenvalue weighted by molar-refractivity contribution is 5.39. The fourth-order valence-corrected chi connectivity index (χ4v) is 1.62. The first-order valence-electron chi connectivity index (χ1n) is 6.09. The van der Waals surface area contributed by atoms with Crippen LogP contribution in [0.25, 0.3) is 0 Å². The van der Waals surface area contributed by atoms with Crippen LogP contribution in [0.1, 0.15) is 24.8 Å². The number of benzene rings is 1. The van der Waals surface area contributed by atoms with E-state index >= 15 is 0 Å². The van der Waals surface area contributed by atoms with Gasteiger partial charge in [0.05, 0.1) is 0 Å². The first-order chi connectivity index (χ1) is 8.47. The van der Waals surface area contributed by atoms with Crippen molar-refractivity contribution in [3.63, 3.8) is 0 Å². The highest BCUT2D eigenvalue weighted by Gasteiger charge is 2.25. The molecule has 0 unspecified atom stereocenters. The summed E-state index contributed by atoms with van der Waals surface area (Å²) < 4.78 is 35.6. The third-order valence-electron chi connectivity index (χ3n) is 2.63. The SMILES string of the molecule is Nc1ccc(CCNCCCCC(F)(F)F)cc1. The number of halogens is 3. The number of hydrogen-bond acceptors (Lipinski definition) is 2. The Bertz CT molecular complexity index is 333. The van der Waals surface area contributed by atoms with Gasteiger partial charge in [-0.3, -0.25) is 0 Å². The van der Waals surface area contributed by atoms with Gasteiger partial charge in [-0.1, -0.05) is 12.1 Å². The summed E-state index contributed by atoms with van der Waals surface area (Å²) in [6.07, 6.45) is -3.10. The Labute approximate surface area is 105 Å². The molecule has 0 heterocycles. The molecule has 0 aliphatic carbocycles. The zero-order valence-corrected chi connectivity index (χ0v) is 10.3. The van der Waals surface area contributed by atoms with Gasteiger partial charge in [-0.2, -0.15) is 13.2 Å². The molecule has 18 heavy (non-hydrogen) atoms. The van der Waals surface area contributed by atoms with Crippen LogP contribution in [0.15, 0.2) is 24.3 Å². The molecule has 3 N–H and O–H groups in total. The summed E-state index contributed by atoms with van der Waals surface area (Å²) in [6.45, 7) is 1.40. The Hall–Kier alpha value is -1.23. The summed E-state index contributed by atoms with van der Waals surface area (Å²) in [4.78, 5) is 0. The van der Waals surface area contributed by atoms with E-state index in [4.69, 9.17) is 5.73 Å². The third kappa shape index (κ3) is 7.17. The zero-order chi connectivity index (χ0) is 13.4. The Morgan fingerprint density at radius 3 is 2.28 bits per heavy atom. The lowest BCUT2D eigenvalue weighted by molar-refractivity contribution is -0.135. The van der Waals surface area contributed by atoms with Crippen LogP contribution >= 0.6 is 0 Å². The summed E-state index contributed by atoms with van der Waals surface area (Å²) in [5.41, 5.74) is 7.47. The van der Waals surface area contributed by atoms with Gasteiger partial charge in [0.15, 0.2) is 0 Å². The molecule has 0 fully saturated rings. The molecule has 0 amide bonds. The fraction of sp³-hybridized carbons (Fsp3) is 0.538. The van der Waals surface area contributed by atoms with E-state index in [-0.39, 0.29) is 6.42 Å². The van der Waals surface area contributed by atoms with Crippen LogP contribution in [-0.4, -0.2) is 19.3 Å². The Morgan fingerprint density at radius 1 is 1.00 bits per heavy atom. The summed E-state index contributed by atoms with van der Waals surface area (Å²) in [5.74, 6) is 0. The van der Waals surface area contributed by atoms with E-state index in [0.717, 1.165) is 18.7 Å². The lowest BCUT2D eigenvalue weighted by atomic mass is 10.1. The summed E-state index contributed by atoms with van der Waals surface area (Å²) in [7, 11) is 0. The largest absolute Gasteiger partial charge is 0.399 e. The predicted molar refractivity (Wildman–Crippen MR) is 67.3 cm³/mol. The van der Waals surface area contributed by atoms with Gasteiger partial charge < -0.3 is 11.1 Å². The average Bonchev–Trinajstić information content (AvgIpc) is 2.29. The zero-order valence-electron chi connectivity index (χ0n) is 10.3. The minimum atomic E-state index is -4.02. The molecule has 0 spiro atoms. The van der Waals surface area contributed by atoms with Crippen LogP contribution in [0.4, 0.5) is 18.9 Å². The van der Waals surface area contributed by atoms with Gasteiger partial charge in [0.25, 0.3) is 0 Å². The van der Waals surface area contributed by atoms with Crippen molar-refractivity contribution in [3.05, 3.63) is 29.8 Å². The van der Waals surface area contributed by atoms with Crippen LogP contribution in [0.5, 0.6) is 0 Å². The Morgan fingerprint density at radius 2 is 1.67 bits per heavy atom. The van der Waals surface area contributed by atoms with Crippen molar-refractivity contribution in [3.8, 4) is 0 Å². The number of unbranched alkanes of at least 4 members (excludes halogenated alkanes) is 1. The quantitative estimate of drug-likeness (QED) is 0.584. The average molecular weight is 260 g/mol. The molecule has 0 atom stereocenters. The van der Waals surface area contributed by atoms with Gasteiger partial charge in [-0.05, 0) is 50.0 Å². The first kappa shape index (κ1) is 14.8. The molecule has 0 saturated heterocycles. The van der Waals surface area contributed by atoms with Crippen LogP contribution in [0.3, 0.4) is 0 Å². The van der Waals surface area contributed by atoms with E-state index in [2.05, 4.69) is 5.32 Å². The lowest BCUT2D eigenvalue weighted by Gasteiger charge is -2.07. The van der Waals surface area contributed by atoms with E-state index in [0.29, 0.717) is 13.0 Å². The van der Waals surface area contributed by atoms with E-state index in [1.54, 1.807) is 0 Å². The molecule has 0 aliphatic rings. The number of hydrogen-bond donors (Lipinski definition) is 2. The molecule has 102 valence electrons. The molecule has 5 heteroatoms. The minimum absolute atomic E-state index is 0.193. The van der Waals surface area contributed by atoms with Crippen molar-refractivity contribution in [1.29, 1.82) is 0 Å². The molecule has 0 aromatic heterocycles. The van der Waals surface area contributed by atoms with Crippen molar-refractivity contribution >= 4 is 5.69 Å². The van der Waals surface area contributed by atoms with E-state index < -0.39 is 12.6 Å².